The number of furan rings is 1. The molecule has 0 N–H and O–H groups in total. The maximum absolute atomic E-state index is 6.53. The first-order valence-electron chi connectivity index (χ1n) is 21.2. The number of hydrogen-bond acceptors (Lipinski definition) is 4. The monoisotopic (exact) mass is 1000 g/mol. The first-order valence-corrected chi connectivity index (χ1v) is 24.7. The third kappa shape index (κ3) is 8.09. The fourth-order valence-electron chi connectivity index (χ4n) is 8.50. The van der Waals surface area contributed by atoms with Crippen LogP contribution in [0.5, 0.6) is 0 Å². The molecule has 0 fully saturated rings. The molecular weight excluding hydrogens is 953 g/mol. The van der Waals surface area contributed by atoms with Crippen LogP contribution < -0.4 is 5.19 Å². The largest absolute Gasteiger partial charge is 0.501 e. The predicted octanol–water partition coefficient (Wildman–Crippen LogP) is 14.3. The Hall–Kier alpha value is -5.98. The SMILES string of the molecule is CC(C)c1cc(-c2ccccc2)cc(C(C)C)c1-n1c(-c2[c-]ccc3c2oc2ccccc23)nc2cc3ccccc3nc21.Cc1cc(-c2[c-]cccc2)ncc1[Si](C)(C)C.[Ir]. The van der Waals surface area contributed by atoms with Gasteiger partial charge in [-0.25, -0.2) is 4.98 Å². The first-order chi connectivity index (χ1) is 29.5. The molecule has 0 aliphatic heterocycles. The molecule has 311 valence electrons. The van der Waals surface area contributed by atoms with Crippen LogP contribution >= 0.6 is 0 Å². The van der Waals surface area contributed by atoms with Crippen LogP contribution in [-0.4, -0.2) is 27.6 Å². The van der Waals surface area contributed by atoms with Crippen molar-refractivity contribution in [1.82, 2.24) is 19.5 Å². The van der Waals surface area contributed by atoms with Gasteiger partial charge in [-0.05, 0) is 82.2 Å². The van der Waals surface area contributed by atoms with Crippen LogP contribution in [0.4, 0.5) is 0 Å². The summed E-state index contributed by atoms with van der Waals surface area (Å²) in [5.74, 6) is 1.29. The maximum atomic E-state index is 6.53. The summed E-state index contributed by atoms with van der Waals surface area (Å²) in [5, 5.41) is 4.65. The number of para-hydroxylation sites is 2. The van der Waals surface area contributed by atoms with Crippen LogP contribution in [0.25, 0.3) is 83.5 Å². The molecule has 6 aromatic carbocycles. The molecule has 4 heterocycles. The Morgan fingerprint density at radius 1 is 0.645 bits per heavy atom. The number of pyridine rings is 2. The van der Waals surface area contributed by atoms with Crippen molar-refractivity contribution in [3.05, 3.63) is 175 Å². The van der Waals surface area contributed by atoms with E-state index >= 15 is 0 Å². The second-order valence-corrected chi connectivity index (χ2v) is 22.6. The van der Waals surface area contributed by atoms with Crippen LogP contribution in [-0.2, 0) is 20.1 Å². The van der Waals surface area contributed by atoms with Gasteiger partial charge in [0, 0.05) is 42.8 Å². The van der Waals surface area contributed by atoms with E-state index in [9.17, 15) is 0 Å². The minimum Gasteiger partial charge on any atom is -0.501 e. The van der Waals surface area contributed by atoms with Crippen molar-refractivity contribution in [2.24, 2.45) is 0 Å². The van der Waals surface area contributed by atoms with Gasteiger partial charge in [0.05, 0.1) is 30.5 Å². The standard InChI is InChI=1S/C40H32N3O.C15H18NSi.Ir/c1-24(2)32-21-28(26-13-6-5-7-14-26)22-33(25(3)4)37(32)43-39(42-35-23-27-15-8-10-19-34(27)41-40(35)43)31-18-12-17-30-29-16-9-11-20-36(29)44-38(30)31;1-12-10-14(13-8-6-5-7-9-13)16-11-15(12)17(2,3)4;/h5-17,19-25H,1-4H3;5-8,10-11H,1-4H3;/q2*-1;. The molecule has 0 aliphatic carbocycles. The summed E-state index contributed by atoms with van der Waals surface area (Å²) >= 11 is 0. The van der Waals surface area contributed by atoms with Crippen molar-refractivity contribution in [2.45, 2.75) is 66.1 Å². The molecule has 0 unspecified atom stereocenters. The summed E-state index contributed by atoms with van der Waals surface area (Å²) in [4.78, 5) is 15.2. The number of imidazole rings is 1. The number of hydrogen-bond donors (Lipinski definition) is 0. The third-order valence-corrected chi connectivity index (χ3v) is 13.7. The van der Waals surface area contributed by atoms with Gasteiger partial charge in [0.1, 0.15) is 5.58 Å². The normalized spacial score (nSPS) is 11.7. The zero-order valence-corrected chi connectivity index (χ0v) is 39.9. The summed E-state index contributed by atoms with van der Waals surface area (Å²) in [6.45, 7) is 18.3. The van der Waals surface area contributed by atoms with Crippen LogP contribution in [0.15, 0.2) is 150 Å². The molecule has 0 aliphatic rings. The van der Waals surface area contributed by atoms with E-state index in [-0.39, 0.29) is 31.9 Å². The fourth-order valence-corrected chi connectivity index (χ4v) is 10.2. The maximum Gasteiger partial charge on any atom is 0.156 e. The van der Waals surface area contributed by atoms with Gasteiger partial charge in [0.15, 0.2) is 5.65 Å². The van der Waals surface area contributed by atoms with Crippen molar-refractivity contribution in [1.29, 1.82) is 0 Å². The Morgan fingerprint density at radius 2 is 1.34 bits per heavy atom. The van der Waals surface area contributed by atoms with Gasteiger partial charge in [-0.15, -0.1) is 54.1 Å². The summed E-state index contributed by atoms with van der Waals surface area (Å²) in [6, 6.07) is 54.9. The molecule has 10 rings (SSSR count). The van der Waals surface area contributed by atoms with E-state index in [0.29, 0.717) is 0 Å². The van der Waals surface area contributed by atoms with Gasteiger partial charge >= 0.3 is 0 Å². The molecule has 0 spiro atoms. The van der Waals surface area contributed by atoms with Crippen LogP contribution in [0, 0.1) is 19.1 Å². The summed E-state index contributed by atoms with van der Waals surface area (Å²) in [7, 11) is -1.27. The van der Waals surface area contributed by atoms with Gasteiger partial charge in [-0.2, -0.15) is 0 Å². The second-order valence-electron chi connectivity index (χ2n) is 17.6. The molecular formula is C55H50IrN4OSi-2. The molecule has 0 amide bonds. The predicted molar refractivity (Wildman–Crippen MR) is 258 cm³/mol. The van der Waals surface area contributed by atoms with Crippen LogP contribution in [0.2, 0.25) is 19.6 Å². The Morgan fingerprint density at radius 3 is 2.03 bits per heavy atom. The van der Waals surface area contributed by atoms with Crippen molar-refractivity contribution in [3.63, 3.8) is 0 Å². The van der Waals surface area contributed by atoms with Crippen LogP contribution in [0.1, 0.15) is 56.2 Å². The Balaban J connectivity index is 0.000000248. The van der Waals surface area contributed by atoms with Crippen molar-refractivity contribution in [3.8, 4) is 39.5 Å². The third-order valence-electron chi connectivity index (χ3n) is 11.5. The van der Waals surface area contributed by atoms with E-state index in [2.05, 4.69) is 173 Å². The Kier molecular flexibility index (Phi) is 12.0. The molecule has 0 saturated carbocycles. The Labute approximate surface area is 379 Å². The van der Waals surface area contributed by atoms with Gasteiger partial charge in [0.25, 0.3) is 0 Å². The number of aryl methyl sites for hydroxylation is 1. The smallest absolute Gasteiger partial charge is 0.156 e. The quantitative estimate of drug-likeness (QED) is 0.118. The summed E-state index contributed by atoms with van der Waals surface area (Å²) in [6.07, 6.45) is 2.05. The molecule has 4 aromatic heterocycles. The van der Waals surface area contributed by atoms with Crippen molar-refractivity contribution in [2.75, 3.05) is 0 Å². The van der Waals surface area contributed by atoms with E-state index in [0.717, 1.165) is 72.3 Å². The number of rotatable bonds is 7. The number of fused-ring (bicyclic) bond motifs is 5. The van der Waals surface area contributed by atoms with Gasteiger partial charge in [0.2, 0.25) is 0 Å². The Bertz CT molecular complexity index is 3170. The first kappa shape index (κ1) is 42.7. The minimum absolute atomic E-state index is 0. The second kappa shape index (κ2) is 17.4. The van der Waals surface area contributed by atoms with E-state index in [4.69, 9.17) is 14.4 Å². The number of nitrogens with zero attached hydrogens (tertiary/aromatic N) is 4. The van der Waals surface area contributed by atoms with Gasteiger partial charge < -0.3 is 14.0 Å². The minimum atomic E-state index is -1.27. The summed E-state index contributed by atoms with van der Waals surface area (Å²) < 4.78 is 8.81. The van der Waals surface area contributed by atoms with Gasteiger partial charge in [-0.3, -0.25) is 4.98 Å². The molecule has 5 nitrogen and oxygen atoms in total. The average molecular weight is 1000 g/mol. The van der Waals surface area contributed by atoms with Crippen molar-refractivity contribution < 1.29 is 24.5 Å². The van der Waals surface area contributed by atoms with E-state index in [1.807, 2.05) is 48.5 Å². The zero-order chi connectivity index (χ0) is 42.4. The number of aromatic nitrogens is 4. The van der Waals surface area contributed by atoms with Crippen LogP contribution in [0.3, 0.4) is 0 Å². The fraction of sp³-hybridized carbons (Fsp3) is 0.182. The van der Waals surface area contributed by atoms with E-state index in [1.54, 1.807) is 0 Å². The molecule has 0 bridgehead atoms. The molecule has 10 aromatic rings. The van der Waals surface area contributed by atoms with Gasteiger partial charge in [-0.1, -0.05) is 137 Å². The number of benzene rings is 6. The molecule has 0 saturated heterocycles. The molecule has 0 atom stereocenters. The summed E-state index contributed by atoms with van der Waals surface area (Å²) in [5.41, 5.74) is 14.6. The molecule has 62 heavy (non-hydrogen) atoms. The van der Waals surface area contributed by atoms with Crippen molar-refractivity contribution >= 4 is 57.3 Å². The average Bonchev–Trinajstić information content (AvgIpc) is 3.83. The topological polar surface area (TPSA) is 56.7 Å². The van der Waals surface area contributed by atoms with E-state index < -0.39 is 8.07 Å². The molecule has 7 heteroatoms. The zero-order valence-electron chi connectivity index (χ0n) is 36.5. The van der Waals surface area contributed by atoms with E-state index in [1.165, 1.54) is 33.0 Å². The molecule has 1 radical (unpaired) electrons.